The molecule has 0 aliphatic heterocycles. The van der Waals surface area contributed by atoms with Crippen molar-refractivity contribution in [3.05, 3.63) is 35.8 Å². The molecule has 0 saturated heterocycles. The van der Waals surface area contributed by atoms with E-state index in [2.05, 4.69) is 11.6 Å². The van der Waals surface area contributed by atoms with Crippen LogP contribution in [0.5, 0.6) is 5.88 Å². The Morgan fingerprint density at radius 1 is 1.56 bits per heavy atom. The average molecular weight is 223 g/mol. The van der Waals surface area contributed by atoms with Gasteiger partial charge in [0.05, 0.1) is 12.8 Å². The fourth-order valence-electron chi connectivity index (χ4n) is 1.46. The van der Waals surface area contributed by atoms with Gasteiger partial charge in [-0.1, -0.05) is 5.57 Å². The van der Waals surface area contributed by atoms with Crippen molar-refractivity contribution >= 4 is 0 Å². The molecule has 0 unspecified atom stereocenters. The monoisotopic (exact) mass is 223 g/mol. The van der Waals surface area contributed by atoms with Crippen molar-refractivity contribution in [2.24, 2.45) is 0 Å². The summed E-state index contributed by atoms with van der Waals surface area (Å²) < 4.78 is 18.6. The predicted molar refractivity (Wildman–Crippen MR) is 63.1 cm³/mol. The van der Waals surface area contributed by atoms with Crippen molar-refractivity contribution < 1.29 is 9.13 Å². The first kappa shape index (κ1) is 12.7. The molecule has 0 bridgehead atoms. The molecule has 1 rings (SSSR count). The fourth-order valence-corrected chi connectivity index (χ4v) is 1.46. The summed E-state index contributed by atoms with van der Waals surface area (Å²) in [5, 5.41) is 0. The highest BCUT2D eigenvalue weighted by Gasteiger charge is 2.05. The second-order valence-corrected chi connectivity index (χ2v) is 3.86. The molecule has 0 aromatic carbocycles. The van der Waals surface area contributed by atoms with Gasteiger partial charge in [0.15, 0.2) is 0 Å². The lowest BCUT2D eigenvalue weighted by Gasteiger charge is -2.06. The molecular formula is C13H18FNO. The second kappa shape index (κ2) is 6.26. The summed E-state index contributed by atoms with van der Waals surface area (Å²) in [6, 6.07) is 1.68. The maximum absolute atomic E-state index is 13.4. The molecule has 0 N–H and O–H groups in total. The van der Waals surface area contributed by atoms with Gasteiger partial charge in [-0.2, -0.15) is 0 Å². The third-order valence-corrected chi connectivity index (χ3v) is 2.25. The van der Waals surface area contributed by atoms with Crippen LogP contribution in [0.2, 0.25) is 0 Å². The number of nitrogens with zero attached hydrogens (tertiary/aromatic N) is 1. The van der Waals surface area contributed by atoms with Gasteiger partial charge in [0.1, 0.15) is 5.82 Å². The molecule has 2 nitrogen and oxygen atoms in total. The molecule has 88 valence electrons. The van der Waals surface area contributed by atoms with Crippen molar-refractivity contribution in [1.29, 1.82) is 0 Å². The Bertz CT molecular complexity index is 363. The molecule has 0 amide bonds. The molecule has 3 heteroatoms. The van der Waals surface area contributed by atoms with Crippen LogP contribution in [0, 0.1) is 5.82 Å². The number of hydrogen-bond donors (Lipinski definition) is 0. The van der Waals surface area contributed by atoms with Crippen LogP contribution in [0.4, 0.5) is 4.39 Å². The molecule has 0 fully saturated rings. The van der Waals surface area contributed by atoms with Crippen LogP contribution in [-0.4, -0.2) is 11.6 Å². The Hall–Kier alpha value is -1.38. The largest absolute Gasteiger partial charge is 0.478 e. The fraction of sp³-hybridized carbons (Fsp3) is 0.462. The molecule has 1 heterocycles. The van der Waals surface area contributed by atoms with Crippen molar-refractivity contribution in [3.63, 3.8) is 0 Å². The zero-order valence-electron chi connectivity index (χ0n) is 9.92. The van der Waals surface area contributed by atoms with Gasteiger partial charge in [-0.05, 0) is 38.7 Å². The van der Waals surface area contributed by atoms with Crippen molar-refractivity contribution in [2.75, 3.05) is 6.61 Å². The van der Waals surface area contributed by atoms with Crippen LogP contribution in [0.1, 0.15) is 32.3 Å². The predicted octanol–water partition coefficient (Wildman–Crippen LogP) is 3.52. The number of aromatic nitrogens is 1. The van der Waals surface area contributed by atoms with Gasteiger partial charge in [0, 0.05) is 6.07 Å². The van der Waals surface area contributed by atoms with Crippen LogP contribution in [0.25, 0.3) is 0 Å². The maximum Gasteiger partial charge on any atom is 0.213 e. The minimum absolute atomic E-state index is 0.259. The summed E-state index contributed by atoms with van der Waals surface area (Å²) >= 11 is 0. The van der Waals surface area contributed by atoms with Gasteiger partial charge in [-0.25, -0.2) is 9.37 Å². The highest BCUT2D eigenvalue weighted by molar-refractivity contribution is 5.22. The summed E-state index contributed by atoms with van der Waals surface area (Å²) in [6.45, 7) is 8.23. The second-order valence-electron chi connectivity index (χ2n) is 3.86. The lowest BCUT2D eigenvalue weighted by molar-refractivity contribution is 0.325. The van der Waals surface area contributed by atoms with Crippen LogP contribution >= 0.6 is 0 Å². The highest BCUT2D eigenvalue weighted by Crippen LogP contribution is 2.16. The van der Waals surface area contributed by atoms with Crippen molar-refractivity contribution in [1.82, 2.24) is 4.98 Å². The zero-order chi connectivity index (χ0) is 12.0. The number of ether oxygens (including phenoxy) is 1. The lowest BCUT2D eigenvalue weighted by Crippen LogP contribution is -1.98. The van der Waals surface area contributed by atoms with Gasteiger partial charge in [-0.15, -0.1) is 6.58 Å². The van der Waals surface area contributed by atoms with Crippen LogP contribution < -0.4 is 4.74 Å². The third kappa shape index (κ3) is 4.01. The Morgan fingerprint density at radius 3 is 2.94 bits per heavy atom. The number of pyridine rings is 1. The number of allylic oxidation sites excluding steroid dienone is 1. The molecule has 0 spiro atoms. The van der Waals surface area contributed by atoms with Crippen molar-refractivity contribution in [2.45, 2.75) is 33.1 Å². The first-order valence-electron chi connectivity index (χ1n) is 5.55. The molecule has 0 aliphatic carbocycles. The van der Waals surface area contributed by atoms with Gasteiger partial charge < -0.3 is 4.74 Å². The highest BCUT2D eigenvalue weighted by atomic mass is 19.1. The summed E-state index contributed by atoms with van der Waals surface area (Å²) in [5.74, 6) is 0.236. The van der Waals surface area contributed by atoms with Crippen LogP contribution in [0.3, 0.4) is 0 Å². The molecule has 0 radical (unpaired) electrons. The molecule has 1 aromatic rings. The van der Waals surface area contributed by atoms with E-state index in [0.717, 1.165) is 18.4 Å². The van der Waals surface area contributed by atoms with Gasteiger partial charge in [0.25, 0.3) is 0 Å². The Balaban J connectivity index is 2.62. The summed E-state index contributed by atoms with van der Waals surface area (Å²) in [6.07, 6.45) is 3.75. The van der Waals surface area contributed by atoms with E-state index >= 15 is 0 Å². The van der Waals surface area contributed by atoms with E-state index < -0.39 is 0 Å². The Kier molecular flexibility index (Phi) is 4.96. The SMILES string of the molecule is C=C(C)CCCc1cc(OCC)ncc1F. The zero-order valence-corrected chi connectivity index (χ0v) is 9.92. The number of hydrogen-bond acceptors (Lipinski definition) is 2. The van der Waals surface area contributed by atoms with Crippen molar-refractivity contribution in [3.8, 4) is 5.88 Å². The maximum atomic E-state index is 13.4. The minimum Gasteiger partial charge on any atom is -0.478 e. The third-order valence-electron chi connectivity index (χ3n) is 2.25. The number of halogens is 1. The van der Waals surface area contributed by atoms with E-state index in [9.17, 15) is 4.39 Å². The van der Waals surface area contributed by atoms with Gasteiger partial charge >= 0.3 is 0 Å². The van der Waals surface area contributed by atoms with Gasteiger partial charge in [0.2, 0.25) is 5.88 Å². The first-order valence-corrected chi connectivity index (χ1v) is 5.55. The van der Waals surface area contributed by atoms with Crippen LogP contribution in [-0.2, 0) is 6.42 Å². The summed E-state index contributed by atoms with van der Waals surface area (Å²) in [5.41, 5.74) is 1.79. The number of rotatable bonds is 6. The van der Waals surface area contributed by atoms with Gasteiger partial charge in [-0.3, -0.25) is 0 Å². The normalized spacial score (nSPS) is 10.2. The summed E-state index contributed by atoms with van der Waals surface area (Å²) in [7, 11) is 0. The average Bonchev–Trinajstić information content (AvgIpc) is 2.22. The Morgan fingerprint density at radius 2 is 2.31 bits per heavy atom. The topological polar surface area (TPSA) is 22.1 Å². The smallest absolute Gasteiger partial charge is 0.213 e. The molecular weight excluding hydrogens is 205 g/mol. The minimum atomic E-state index is -0.259. The molecule has 1 aromatic heterocycles. The Labute approximate surface area is 96.2 Å². The molecule has 16 heavy (non-hydrogen) atoms. The van der Waals surface area contributed by atoms with E-state index in [1.807, 2.05) is 13.8 Å². The van der Waals surface area contributed by atoms with E-state index in [-0.39, 0.29) is 5.82 Å². The quantitative estimate of drug-likeness (QED) is 0.688. The van der Waals surface area contributed by atoms with E-state index in [4.69, 9.17) is 4.74 Å². The molecule has 0 atom stereocenters. The van der Waals surface area contributed by atoms with E-state index in [0.29, 0.717) is 24.5 Å². The first-order chi connectivity index (χ1) is 7.63. The number of aryl methyl sites for hydroxylation is 1. The van der Waals surface area contributed by atoms with E-state index in [1.165, 1.54) is 6.20 Å². The summed E-state index contributed by atoms with van der Waals surface area (Å²) in [4.78, 5) is 3.86. The molecule has 0 aliphatic rings. The molecule has 0 saturated carbocycles. The lowest BCUT2D eigenvalue weighted by atomic mass is 10.1. The van der Waals surface area contributed by atoms with Crippen LogP contribution in [0.15, 0.2) is 24.4 Å². The standard InChI is InChI=1S/C13H18FNO/c1-4-16-13-8-11(12(14)9-15-13)7-5-6-10(2)3/h8-9H,2,4-7H2,1,3H3. The van der Waals surface area contributed by atoms with E-state index in [1.54, 1.807) is 6.07 Å².